The molecule has 7 nitrogen and oxygen atoms in total. The number of alkyl halides is 1. The lowest BCUT2D eigenvalue weighted by Crippen LogP contribution is -2.31. The third-order valence-corrected chi connectivity index (χ3v) is 10.6. The number of nitrogens with zero attached hydrogens (tertiary/aromatic N) is 1. The molecular formula is C28H24ClN3O4S2. The van der Waals surface area contributed by atoms with Crippen molar-refractivity contribution in [3.05, 3.63) is 106 Å². The van der Waals surface area contributed by atoms with Crippen molar-refractivity contribution >= 4 is 55.5 Å². The fourth-order valence-electron chi connectivity index (χ4n) is 5.97. The van der Waals surface area contributed by atoms with E-state index in [9.17, 15) is 18.5 Å². The third kappa shape index (κ3) is 4.33. The Hall–Kier alpha value is -3.11. The second-order valence-corrected chi connectivity index (χ2v) is 13.1. The number of halogens is 1. The van der Waals surface area contributed by atoms with Crippen LogP contribution in [-0.2, 0) is 10.0 Å². The molecule has 1 saturated carbocycles. The number of nitro groups is 1. The maximum Gasteiger partial charge on any atom is 0.282 e. The van der Waals surface area contributed by atoms with Gasteiger partial charge < -0.3 is 5.32 Å². The van der Waals surface area contributed by atoms with E-state index in [0.29, 0.717) is 11.3 Å². The normalized spacial score (nSPS) is 24.4. The van der Waals surface area contributed by atoms with Crippen LogP contribution in [0.3, 0.4) is 0 Å². The highest BCUT2D eigenvalue weighted by Crippen LogP contribution is 2.58. The van der Waals surface area contributed by atoms with Crippen molar-refractivity contribution in [1.82, 2.24) is 0 Å². The monoisotopic (exact) mass is 565 g/mol. The Morgan fingerprint density at radius 2 is 1.71 bits per heavy atom. The van der Waals surface area contributed by atoms with Crippen LogP contribution < -0.4 is 10.5 Å². The van der Waals surface area contributed by atoms with Crippen molar-refractivity contribution in [1.29, 1.82) is 0 Å². The fourth-order valence-corrected chi connectivity index (χ4v) is 8.46. The number of hydrogen-bond acceptors (Lipinski definition) is 6. The van der Waals surface area contributed by atoms with Crippen molar-refractivity contribution in [2.24, 2.45) is 11.1 Å². The first kappa shape index (κ1) is 25.2. The molecule has 38 heavy (non-hydrogen) atoms. The average molecular weight is 566 g/mol. The largest absolute Gasteiger partial charge is 0.378 e. The summed E-state index contributed by atoms with van der Waals surface area (Å²) in [7, 11) is -3.91. The minimum atomic E-state index is -3.91. The summed E-state index contributed by atoms with van der Waals surface area (Å²) in [5.41, 5.74) is 2.82. The first-order valence-electron chi connectivity index (χ1n) is 12.2. The molecular weight excluding hydrogens is 542 g/mol. The van der Waals surface area contributed by atoms with Crippen LogP contribution in [0.15, 0.2) is 94.7 Å². The van der Waals surface area contributed by atoms with Gasteiger partial charge in [0.05, 0.1) is 26.1 Å². The van der Waals surface area contributed by atoms with Gasteiger partial charge in [-0.15, -0.1) is 23.4 Å². The molecule has 2 aliphatic rings. The lowest BCUT2D eigenvalue weighted by atomic mass is 9.76. The zero-order valence-corrected chi connectivity index (χ0v) is 22.4. The van der Waals surface area contributed by atoms with Gasteiger partial charge >= 0.3 is 0 Å². The maximum absolute atomic E-state index is 12.2. The third-order valence-electron chi connectivity index (χ3n) is 7.61. The maximum atomic E-state index is 12.2. The summed E-state index contributed by atoms with van der Waals surface area (Å²) in [5.74, 6) is -0.161. The quantitative estimate of drug-likeness (QED) is 0.163. The summed E-state index contributed by atoms with van der Waals surface area (Å²) in [6.07, 6.45) is 0.690. The summed E-state index contributed by atoms with van der Waals surface area (Å²) in [5, 5.41) is 22.6. The summed E-state index contributed by atoms with van der Waals surface area (Å²) in [4.78, 5) is 11.9. The first-order chi connectivity index (χ1) is 18.2. The van der Waals surface area contributed by atoms with E-state index in [1.165, 1.54) is 23.9 Å². The zero-order valence-electron chi connectivity index (χ0n) is 20.0. The number of primary sulfonamides is 1. The number of nitrogens with one attached hydrogen (secondary N) is 1. The number of nitro benzene ring substituents is 1. The van der Waals surface area contributed by atoms with E-state index in [1.54, 1.807) is 30.3 Å². The molecule has 0 saturated heterocycles. The Labute approximate surface area is 229 Å². The van der Waals surface area contributed by atoms with E-state index in [0.717, 1.165) is 27.6 Å². The van der Waals surface area contributed by atoms with Gasteiger partial charge in [0.25, 0.3) is 5.69 Å². The van der Waals surface area contributed by atoms with E-state index in [-0.39, 0.29) is 44.0 Å². The second-order valence-electron chi connectivity index (χ2n) is 9.74. The molecule has 0 spiro atoms. The molecule has 6 rings (SSSR count). The molecule has 0 bridgehead atoms. The predicted octanol–water partition coefficient (Wildman–Crippen LogP) is 6.43. The number of fused-ring (bicyclic) bond motifs is 4. The van der Waals surface area contributed by atoms with Crippen LogP contribution in [0.2, 0.25) is 0 Å². The van der Waals surface area contributed by atoms with Crippen LogP contribution >= 0.6 is 23.4 Å². The topological polar surface area (TPSA) is 115 Å². The lowest BCUT2D eigenvalue weighted by molar-refractivity contribution is -0.387. The highest BCUT2D eigenvalue weighted by molar-refractivity contribution is 8.00. The van der Waals surface area contributed by atoms with Crippen molar-refractivity contribution < 1.29 is 13.3 Å². The zero-order chi connectivity index (χ0) is 26.6. The molecule has 5 atom stereocenters. The van der Waals surface area contributed by atoms with Crippen LogP contribution in [0.4, 0.5) is 11.4 Å². The highest BCUT2D eigenvalue weighted by atomic mass is 35.5. The van der Waals surface area contributed by atoms with Gasteiger partial charge in [-0.05, 0) is 58.5 Å². The molecule has 3 N–H and O–H groups in total. The van der Waals surface area contributed by atoms with Gasteiger partial charge in [0.1, 0.15) is 0 Å². The second kappa shape index (κ2) is 9.57. The van der Waals surface area contributed by atoms with E-state index in [4.69, 9.17) is 16.7 Å². The van der Waals surface area contributed by atoms with Crippen LogP contribution in [0.5, 0.6) is 0 Å². The molecule has 1 heterocycles. The summed E-state index contributed by atoms with van der Waals surface area (Å²) in [6, 6.07) is 26.0. The standard InChI is InChI=1S/C28H24ClN3O4S2/c29-27-25(37-24-11-4-3-10-23(24)32(33)34)15-21-26(27)20-14-17(38(30,35)36)12-13-22(20)31-28(21)19-9-5-7-16-6-1-2-8-18(16)19/h1-14,21,25-28,31H,15H2,(H2,30,35,36)/t21-,25-,26+,27-,28+/m0/s1. The van der Waals surface area contributed by atoms with Crippen LogP contribution in [0.1, 0.15) is 29.5 Å². The highest BCUT2D eigenvalue weighted by Gasteiger charge is 2.50. The Morgan fingerprint density at radius 1 is 0.974 bits per heavy atom. The van der Waals surface area contributed by atoms with Crippen LogP contribution in [-0.4, -0.2) is 24.0 Å². The van der Waals surface area contributed by atoms with Gasteiger partial charge in [-0.25, -0.2) is 13.6 Å². The first-order valence-corrected chi connectivity index (χ1v) is 15.0. The van der Waals surface area contributed by atoms with E-state index in [1.807, 2.05) is 18.2 Å². The van der Waals surface area contributed by atoms with E-state index in [2.05, 4.69) is 29.6 Å². The van der Waals surface area contributed by atoms with Gasteiger partial charge in [0, 0.05) is 22.9 Å². The molecule has 1 aliphatic carbocycles. The van der Waals surface area contributed by atoms with Crippen molar-refractivity contribution in [2.45, 2.75) is 38.8 Å². The fraction of sp³-hybridized carbons (Fsp3) is 0.214. The molecule has 0 aromatic heterocycles. The molecule has 0 radical (unpaired) electrons. The number of para-hydroxylation sites is 1. The Bertz CT molecular complexity index is 1670. The predicted molar refractivity (Wildman–Crippen MR) is 151 cm³/mol. The molecule has 0 unspecified atom stereocenters. The van der Waals surface area contributed by atoms with Gasteiger partial charge in [0.15, 0.2) is 0 Å². The molecule has 1 aliphatic heterocycles. The number of benzene rings is 4. The molecule has 4 aromatic rings. The Morgan fingerprint density at radius 3 is 2.50 bits per heavy atom. The number of rotatable bonds is 5. The minimum Gasteiger partial charge on any atom is -0.378 e. The van der Waals surface area contributed by atoms with Gasteiger partial charge in [-0.2, -0.15) is 0 Å². The van der Waals surface area contributed by atoms with Gasteiger partial charge in [-0.1, -0.05) is 54.6 Å². The summed E-state index contributed by atoms with van der Waals surface area (Å²) >= 11 is 8.62. The summed E-state index contributed by atoms with van der Waals surface area (Å²) < 4.78 is 24.4. The molecule has 0 amide bonds. The molecule has 1 fully saturated rings. The molecule has 10 heteroatoms. The molecule has 4 aromatic carbocycles. The Kier molecular flexibility index (Phi) is 6.34. The smallest absolute Gasteiger partial charge is 0.282 e. The number of hydrogen-bond donors (Lipinski definition) is 2. The lowest BCUT2D eigenvalue weighted by Gasteiger charge is -2.39. The number of sulfonamides is 1. The van der Waals surface area contributed by atoms with Crippen molar-refractivity contribution in [3.8, 4) is 0 Å². The van der Waals surface area contributed by atoms with Gasteiger partial charge in [-0.3, -0.25) is 10.1 Å². The van der Waals surface area contributed by atoms with Gasteiger partial charge in [0.2, 0.25) is 10.0 Å². The summed E-state index contributed by atoms with van der Waals surface area (Å²) in [6.45, 7) is 0. The SMILES string of the molecule is NS(=O)(=O)c1ccc2c(c1)[C@H]1[C@@H](Cl)[C@@H](Sc3ccccc3[N+](=O)[O-])C[C@@H]1[C@@H](c1cccc3ccccc13)N2. The number of nitrogens with two attached hydrogens (primary N) is 1. The van der Waals surface area contributed by atoms with Crippen LogP contribution in [0.25, 0.3) is 10.8 Å². The van der Waals surface area contributed by atoms with Crippen molar-refractivity contribution in [3.63, 3.8) is 0 Å². The van der Waals surface area contributed by atoms with E-state index >= 15 is 0 Å². The van der Waals surface area contributed by atoms with Crippen molar-refractivity contribution in [2.75, 3.05) is 5.32 Å². The molecule has 194 valence electrons. The van der Waals surface area contributed by atoms with E-state index < -0.39 is 10.0 Å². The van der Waals surface area contributed by atoms with Crippen LogP contribution in [0, 0.1) is 16.0 Å². The minimum absolute atomic E-state index is 0.0202. The number of thioether (sulfide) groups is 1. The average Bonchev–Trinajstić information content (AvgIpc) is 3.23. The Balaban J connectivity index is 1.47. The number of anilines is 1.